The van der Waals surface area contributed by atoms with Crippen LogP contribution in [-0.2, 0) is 5.75 Å². The Morgan fingerprint density at radius 3 is 2.73 bits per heavy atom. The van der Waals surface area contributed by atoms with E-state index in [2.05, 4.69) is 40.6 Å². The molecule has 0 amide bonds. The Kier molecular flexibility index (Phi) is 5.53. The molecule has 0 aliphatic heterocycles. The van der Waals surface area contributed by atoms with Crippen molar-refractivity contribution in [2.75, 3.05) is 11.6 Å². The molecule has 0 aliphatic carbocycles. The minimum absolute atomic E-state index is 0.0565. The van der Waals surface area contributed by atoms with Gasteiger partial charge in [0.05, 0.1) is 0 Å². The first kappa shape index (κ1) is 18.7. The molecule has 1 N–H and O–H groups in total. The number of hydrogen-bond acceptors (Lipinski definition) is 5. The normalized spacial score (nSPS) is 11.3. The van der Waals surface area contributed by atoms with Gasteiger partial charge in [0.1, 0.15) is 10.7 Å². The third-order valence-corrected chi connectivity index (χ3v) is 4.99. The van der Waals surface area contributed by atoms with E-state index < -0.39 is 0 Å². The van der Waals surface area contributed by atoms with E-state index in [1.807, 2.05) is 19.9 Å². The average Bonchev–Trinajstić information content (AvgIpc) is 2.58. The first-order chi connectivity index (χ1) is 12.4. The first-order valence-electron chi connectivity index (χ1n) is 8.34. The van der Waals surface area contributed by atoms with Crippen LogP contribution in [0.2, 0.25) is 5.02 Å². The lowest BCUT2D eigenvalue weighted by Gasteiger charge is -2.15. The molecule has 0 radical (unpaired) electrons. The zero-order chi connectivity index (χ0) is 18.8. The summed E-state index contributed by atoms with van der Waals surface area (Å²) in [6.45, 7) is 5.92. The highest BCUT2D eigenvalue weighted by Gasteiger charge is 2.13. The molecule has 0 atom stereocenters. The number of anilines is 2. The van der Waals surface area contributed by atoms with Crippen molar-refractivity contribution in [2.45, 2.75) is 32.6 Å². The molecule has 0 bridgehead atoms. The summed E-state index contributed by atoms with van der Waals surface area (Å²) in [5.74, 6) is 1.43. The highest BCUT2D eigenvalue weighted by Crippen LogP contribution is 2.23. The third kappa shape index (κ3) is 3.71. The van der Waals surface area contributed by atoms with Crippen molar-refractivity contribution in [1.82, 2.24) is 14.5 Å². The lowest BCUT2D eigenvalue weighted by Crippen LogP contribution is -2.23. The van der Waals surface area contributed by atoms with Gasteiger partial charge in [0.2, 0.25) is 5.95 Å². The van der Waals surface area contributed by atoms with Gasteiger partial charge in [0.25, 0.3) is 5.56 Å². The SMILES string of the molecule is CSCc1ccc(Nc2ncc3cc(Cl)c(=O)n(C(C)C)c3n2)c(C)c1. The molecule has 7 heteroatoms. The van der Waals surface area contributed by atoms with Crippen molar-refractivity contribution in [2.24, 2.45) is 0 Å². The van der Waals surface area contributed by atoms with Crippen LogP contribution in [0.1, 0.15) is 31.0 Å². The Bertz CT molecular complexity index is 1020. The fraction of sp³-hybridized carbons (Fsp3) is 0.316. The number of hydrogen-bond donors (Lipinski definition) is 1. The van der Waals surface area contributed by atoms with E-state index in [1.54, 1.807) is 28.6 Å². The molecule has 3 aromatic rings. The molecular weight excluding hydrogens is 368 g/mol. The number of aromatic nitrogens is 3. The lowest BCUT2D eigenvalue weighted by molar-refractivity contribution is 0.595. The molecule has 2 aromatic heterocycles. The van der Waals surface area contributed by atoms with Crippen molar-refractivity contribution in [1.29, 1.82) is 0 Å². The maximum absolute atomic E-state index is 12.4. The van der Waals surface area contributed by atoms with Crippen molar-refractivity contribution in [3.63, 3.8) is 0 Å². The van der Waals surface area contributed by atoms with Crippen LogP contribution in [0.5, 0.6) is 0 Å². The topological polar surface area (TPSA) is 59.8 Å². The highest BCUT2D eigenvalue weighted by atomic mass is 35.5. The van der Waals surface area contributed by atoms with Gasteiger partial charge in [-0.1, -0.05) is 23.7 Å². The molecule has 0 aliphatic rings. The summed E-state index contributed by atoms with van der Waals surface area (Å²) < 4.78 is 1.60. The van der Waals surface area contributed by atoms with Crippen LogP contribution in [0.15, 0.2) is 35.3 Å². The van der Waals surface area contributed by atoms with Crippen LogP contribution in [0.25, 0.3) is 11.0 Å². The Balaban J connectivity index is 2.03. The summed E-state index contributed by atoms with van der Waals surface area (Å²) in [6, 6.07) is 7.84. The number of fused-ring (bicyclic) bond motifs is 1. The van der Waals surface area contributed by atoms with Crippen molar-refractivity contribution >= 4 is 46.0 Å². The lowest BCUT2D eigenvalue weighted by atomic mass is 10.1. The highest BCUT2D eigenvalue weighted by molar-refractivity contribution is 7.97. The molecule has 1 aromatic carbocycles. The van der Waals surface area contributed by atoms with E-state index >= 15 is 0 Å². The van der Waals surface area contributed by atoms with Gasteiger partial charge in [-0.05, 0) is 50.3 Å². The maximum Gasteiger partial charge on any atom is 0.271 e. The van der Waals surface area contributed by atoms with Gasteiger partial charge in [0, 0.05) is 29.1 Å². The predicted molar refractivity (Wildman–Crippen MR) is 111 cm³/mol. The summed E-state index contributed by atoms with van der Waals surface area (Å²) in [6.07, 6.45) is 3.78. The molecule has 5 nitrogen and oxygen atoms in total. The Morgan fingerprint density at radius 1 is 1.31 bits per heavy atom. The average molecular weight is 389 g/mol. The number of aryl methyl sites for hydroxylation is 1. The van der Waals surface area contributed by atoms with Gasteiger partial charge in [0.15, 0.2) is 0 Å². The molecule has 0 saturated carbocycles. The molecule has 0 saturated heterocycles. The standard InChI is InChI=1S/C19H21ClN4OS/c1-11(2)24-17-14(8-15(20)18(24)25)9-21-19(23-17)22-16-6-5-13(10-26-4)7-12(16)3/h5-9,11H,10H2,1-4H3,(H,21,22,23). The number of benzene rings is 1. The van der Waals surface area contributed by atoms with Crippen LogP contribution in [0, 0.1) is 6.92 Å². The summed E-state index contributed by atoms with van der Waals surface area (Å²) in [5.41, 5.74) is 3.68. The monoisotopic (exact) mass is 388 g/mol. The van der Waals surface area contributed by atoms with Crippen LogP contribution >= 0.6 is 23.4 Å². The third-order valence-electron chi connectivity index (χ3n) is 4.09. The molecule has 0 unspecified atom stereocenters. The van der Waals surface area contributed by atoms with E-state index in [-0.39, 0.29) is 16.6 Å². The molecule has 3 rings (SSSR count). The van der Waals surface area contributed by atoms with Gasteiger partial charge in [-0.2, -0.15) is 16.7 Å². The Hall–Kier alpha value is -2.05. The maximum atomic E-state index is 12.4. The van der Waals surface area contributed by atoms with Crippen LogP contribution in [-0.4, -0.2) is 20.8 Å². The van der Waals surface area contributed by atoms with E-state index in [4.69, 9.17) is 11.6 Å². The summed E-state index contributed by atoms with van der Waals surface area (Å²) >= 11 is 7.85. The zero-order valence-corrected chi connectivity index (χ0v) is 16.8. The van der Waals surface area contributed by atoms with E-state index in [1.165, 1.54) is 5.56 Å². The second-order valence-electron chi connectivity index (χ2n) is 6.44. The number of nitrogens with zero attached hydrogens (tertiary/aromatic N) is 3. The molecule has 2 heterocycles. The van der Waals surface area contributed by atoms with E-state index in [0.717, 1.165) is 22.4 Å². The van der Waals surface area contributed by atoms with Crippen molar-refractivity contribution in [3.05, 3.63) is 57.0 Å². The van der Waals surface area contributed by atoms with E-state index in [0.29, 0.717) is 11.6 Å². The number of rotatable bonds is 5. The largest absolute Gasteiger partial charge is 0.324 e. The van der Waals surface area contributed by atoms with Gasteiger partial charge in [-0.25, -0.2) is 4.98 Å². The number of nitrogens with one attached hydrogen (secondary N) is 1. The quantitative estimate of drug-likeness (QED) is 0.670. The van der Waals surface area contributed by atoms with Gasteiger partial charge >= 0.3 is 0 Å². The van der Waals surface area contributed by atoms with Crippen LogP contribution < -0.4 is 10.9 Å². The predicted octanol–water partition coefficient (Wildman–Crippen LogP) is 4.94. The Morgan fingerprint density at radius 2 is 2.08 bits per heavy atom. The van der Waals surface area contributed by atoms with E-state index in [9.17, 15) is 4.79 Å². The minimum Gasteiger partial charge on any atom is -0.324 e. The number of pyridine rings is 1. The number of thioether (sulfide) groups is 1. The van der Waals surface area contributed by atoms with Crippen molar-refractivity contribution in [3.8, 4) is 0 Å². The second kappa shape index (κ2) is 7.68. The summed E-state index contributed by atoms with van der Waals surface area (Å²) in [4.78, 5) is 21.3. The minimum atomic E-state index is -0.239. The summed E-state index contributed by atoms with van der Waals surface area (Å²) in [5, 5.41) is 4.17. The fourth-order valence-corrected chi connectivity index (χ4v) is 3.59. The van der Waals surface area contributed by atoms with Gasteiger partial charge in [-0.15, -0.1) is 0 Å². The fourth-order valence-electron chi connectivity index (χ4n) is 2.87. The zero-order valence-electron chi connectivity index (χ0n) is 15.2. The number of halogens is 1. The molecule has 0 fully saturated rings. The Labute approximate surface area is 161 Å². The molecule has 26 heavy (non-hydrogen) atoms. The van der Waals surface area contributed by atoms with Gasteiger partial charge in [-0.3, -0.25) is 9.36 Å². The smallest absolute Gasteiger partial charge is 0.271 e. The summed E-state index contributed by atoms with van der Waals surface area (Å²) in [7, 11) is 0. The molecule has 0 spiro atoms. The first-order valence-corrected chi connectivity index (χ1v) is 10.1. The van der Waals surface area contributed by atoms with Crippen molar-refractivity contribution < 1.29 is 0 Å². The molecular formula is C19H21ClN4OS. The van der Waals surface area contributed by atoms with Crippen LogP contribution in [0.4, 0.5) is 11.6 Å². The van der Waals surface area contributed by atoms with Crippen LogP contribution in [0.3, 0.4) is 0 Å². The molecule has 136 valence electrons. The van der Waals surface area contributed by atoms with Gasteiger partial charge < -0.3 is 5.32 Å². The second-order valence-corrected chi connectivity index (χ2v) is 7.71.